The highest BCUT2D eigenvalue weighted by Crippen LogP contribution is 2.37. The average molecular weight is 570 g/mol. The summed E-state index contributed by atoms with van der Waals surface area (Å²) in [4.78, 5) is 9.13. The van der Waals surface area contributed by atoms with Gasteiger partial charge in [-0.15, -0.1) is 0 Å². The highest BCUT2D eigenvalue weighted by molar-refractivity contribution is 7.91. The van der Waals surface area contributed by atoms with Crippen LogP contribution >= 0.6 is 11.6 Å². The molecule has 1 saturated heterocycles. The van der Waals surface area contributed by atoms with Crippen molar-refractivity contribution in [2.45, 2.75) is 16.0 Å². The van der Waals surface area contributed by atoms with E-state index in [1.54, 1.807) is 54.6 Å². The second-order valence-corrected chi connectivity index (χ2v) is 12.0. The summed E-state index contributed by atoms with van der Waals surface area (Å²) in [6.45, 7) is 2.61. The fourth-order valence-corrected chi connectivity index (χ4v) is 6.64. The van der Waals surface area contributed by atoms with E-state index < -0.39 is 9.84 Å². The monoisotopic (exact) mass is 569 g/mol. The second-order valence-electron chi connectivity index (χ2n) is 9.70. The second kappa shape index (κ2) is 11.3. The van der Waals surface area contributed by atoms with Crippen LogP contribution in [0.15, 0.2) is 130 Å². The first-order valence-corrected chi connectivity index (χ1v) is 15.0. The van der Waals surface area contributed by atoms with E-state index in [0.29, 0.717) is 23.7 Å². The van der Waals surface area contributed by atoms with Crippen LogP contribution in [0.2, 0.25) is 5.02 Å². The van der Waals surface area contributed by atoms with Gasteiger partial charge in [-0.1, -0.05) is 90.5 Å². The molecule has 40 heavy (non-hydrogen) atoms. The van der Waals surface area contributed by atoms with Gasteiger partial charge in [0.2, 0.25) is 26.6 Å². The van der Waals surface area contributed by atoms with Gasteiger partial charge in [-0.2, -0.15) is 4.98 Å². The lowest BCUT2D eigenvalue weighted by molar-refractivity contribution is 0.209. The smallest absolute Gasteiger partial charge is 0.236 e. The van der Waals surface area contributed by atoms with Gasteiger partial charge < -0.3 is 9.32 Å². The zero-order chi connectivity index (χ0) is 27.5. The van der Waals surface area contributed by atoms with E-state index in [2.05, 4.69) is 58.4 Å². The Bertz CT molecular complexity index is 1630. The molecule has 0 bridgehead atoms. The third-order valence-electron chi connectivity index (χ3n) is 7.18. The van der Waals surface area contributed by atoms with Crippen LogP contribution in [-0.4, -0.2) is 44.5 Å². The molecule has 8 heteroatoms. The zero-order valence-corrected chi connectivity index (χ0v) is 23.3. The van der Waals surface area contributed by atoms with Crippen LogP contribution < -0.4 is 4.90 Å². The summed E-state index contributed by atoms with van der Waals surface area (Å²) in [5.41, 5.74) is 3.10. The molecule has 0 N–H and O–H groups in total. The van der Waals surface area contributed by atoms with Gasteiger partial charge in [0.05, 0.1) is 10.9 Å². The summed E-state index contributed by atoms with van der Waals surface area (Å²) in [5.74, 6) is 0.513. The van der Waals surface area contributed by atoms with Crippen molar-refractivity contribution in [2.24, 2.45) is 0 Å². The summed E-state index contributed by atoms with van der Waals surface area (Å²) in [6, 6.07) is 36.4. The summed E-state index contributed by atoms with van der Waals surface area (Å²) in [7, 11) is -3.92. The number of anilines is 1. The number of sulfone groups is 1. The Morgan fingerprint density at radius 1 is 0.700 bits per heavy atom. The molecule has 6 nitrogen and oxygen atoms in total. The van der Waals surface area contributed by atoms with Crippen molar-refractivity contribution in [3.8, 4) is 11.5 Å². The van der Waals surface area contributed by atoms with Crippen LogP contribution in [0.1, 0.15) is 17.2 Å². The molecule has 0 aliphatic carbocycles. The third kappa shape index (κ3) is 5.28. The van der Waals surface area contributed by atoms with Gasteiger partial charge in [-0.25, -0.2) is 8.42 Å². The number of nitrogens with zero attached hydrogens (tertiary/aromatic N) is 3. The molecule has 0 atom stereocenters. The molecule has 6 rings (SSSR count). The van der Waals surface area contributed by atoms with Crippen LogP contribution in [0.4, 0.5) is 5.88 Å². The van der Waals surface area contributed by atoms with Gasteiger partial charge in [0, 0.05) is 36.8 Å². The molecule has 1 aromatic heterocycles. The van der Waals surface area contributed by atoms with Gasteiger partial charge in [0.1, 0.15) is 0 Å². The molecule has 2 heterocycles. The number of rotatable bonds is 7. The Morgan fingerprint density at radius 3 is 1.77 bits per heavy atom. The third-order valence-corrected chi connectivity index (χ3v) is 9.10. The minimum Gasteiger partial charge on any atom is -0.419 e. The Labute approximate surface area is 239 Å². The molecule has 0 radical (unpaired) electrons. The Kier molecular flexibility index (Phi) is 7.43. The lowest BCUT2D eigenvalue weighted by Crippen LogP contribution is -2.48. The maximum absolute atomic E-state index is 13.8. The van der Waals surface area contributed by atoms with E-state index in [1.807, 2.05) is 17.0 Å². The Balaban J connectivity index is 1.33. The largest absolute Gasteiger partial charge is 0.419 e. The van der Waals surface area contributed by atoms with E-state index in [-0.39, 0.29) is 27.7 Å². The first kappa shape index (κ1) is 26.3. The maximum Gasteiger partial charge on any atom is 0.236 e. The molecule has 1 fully saturated rings. The number of oxazole rings is 1. The lowest BCUT2D eigenvalue weighted by Gasteiger charge is -2.39. The highest BCUT2D eigenvalue weighted by atomic mass is 35.5. The van der Waals surface area contributed by atoms with Crippen LogP contribution in [0.3, 0.4) is 0 Å². The minimum atomic E-state index is -3.92. The quantitative estimate of drug-likeness (QED) is 0.216. The van der Waals surface area contributed by atoms with E-state index in [0.717, 1.165) is 13.1 Å². The fourth-order valence-electron chi connectivity index (χ4n) is 5.17. The average Bonchev–Trinajstić information content (AvgIpc) is 3.46. The van der Waals surface area contributed by atoms with Crippen molar-refractivity contribution in [2.75, 3.05) is 31.1 Å². The number of hydrogen-bond donors (Lipinski definition) is 0. The first-order valence-electron chi connectivity index (χ1n) is 13.2. The number of benzene rings is 4. The first-order chi connectivity index (χ1) is 19.5. The molecule has 0 spiro atoms. The van der Waals surface area contributed by atoms with Crippen molar-refractivity contribution >= 4 is 27.3 Å². The van der Waals surface area contributed by atoms with Crippen molar-refractivity contribution in [3.05, 3.63) is 131 Å². The lowest BCUT2D eigenvalue weighted by atomic mass is 9.96. The molecule has 202 valence electrons. The van der Waals surface area contributed by atoms with E-state index in [9.17, 15) is 8.42 Å². The maximum atomic E-state index is 13.8. The number of hydrogen-bond acceptors (Lipinski definition) is 6. The zero-order valence-electron chi connectivity index (χ0n) is 21.7. The molecule has 4 aromatic carbocycles. The minimum absolute atomic E-state index is 0.0697. The van der Waals surface area contributed by atoms with Gasteiger partial charge in [0.15, 0.2) is 0 Å². The standard InChI is InChI=1S/C32H28ClN3O3S/c33-27-18-16-26(17-19-27)30-34-31(40(37,38)28-14-8-3-9-15-28)32(39-30)36-22-20-35(21-23-36)29(24-10-4-1-5-11-24)25-12-6-2-7-13-25/h1-19,29H,20-23H2. The molecule has 1 aliphatic rings. The van der Waals surface area contributed by atoms with E-state index in [4.69, 9.17) is 16.0 Å². The van der Waals surface area contributed by atoms with Crippen LogP contribution in [0, 0.1) is 0 Å². The van der Waals surface area contributed by atoms with Gasteiger partial charge >= 0.3 is 0 Å². The molecule has 1 aliphatic heterocycles. The number of piperazine rings is 1. The molecule has 5 aromatic rings. The van der Waals surface area contributed by atoms with Crippen LogP contribution in [0.25, 0.3) is 11.5 Å². The number of aromatic nitrogens is 1. The predicted molar refractivity (Wildman–Crippen MR) is 157 cm³/mol. The van der Waals surface area contributed by atoms with Crippen LogP contribution in [0.5, 0.6) is 0 Å². The number of halogens is 1. The summed E-state index contributed by atoms with van der Waals surface area (Å²) < 4.78 is 33.7. The summed E-state index contributed by atoms with van der Waals surface area (Å²) >= 11 is 6.08. The molecule has 0 saturated carbocycles. The van der Waals surface area contributed by atoms with Crippen molar-refractivity contribution in [1.82, 2.24) is 9.88 Å². The topological polar surface area (TPSA) is 66.7 Å². The van der Waals surface area contributed by atoms with Gasteiger partial charge in [-0.05, 0) is 47.5 Å². The molecular weight excluding hydrogens is 542 g/mol. The van der Waals surface area contributed by atoms with Gasteiger partial charge in [0.25, 0.3) is 0 Å². The summed E-state index contributed by atoms with van der Waals surface area (Å²) in [5, 5.41) is 0.509. The predicted octanol–water partition coefficient (Wildman–Crippen LogP) is 6.74. The van der Waals surface area contributed by atoms with Crippen LogP contribution in [-0.2, 0) is 9.84 Å². The highest BCUT2D eigenvalue weighted by Gasteiger charge is 2.34. The Morgan fingerprint density at radius 2 is 1.23 bits per heavy atom. The van der Waals surface area contributed by atoms with Crippen molar-refractivity contribution in [3.63, 3.8) is 0 Å². The van der Waals surface area contributed by atoms with E-state index >= 15 is 0 Å². The SMILES string of the molecule is O=S(=O)(c1ccccc1)c1nc(-c2ccc(Cl)cc2)oc1N1CCN(C(c2ccccc2)c2ccccc2)CC1. The molecule has 0 amide bonds. The Hall–Kier alpha value is -3.91. The van der Waals surface area contributed by atoms with E-state index in [1.165, 1.54) is 11.1 Å². The van der Waals surface area contributed by atoms with Crippen molar-refractivity contribution in [1.29, 1.82) is 0 Å². The van der Waals surface area contributed by atoms with Gasteiger partial charge in [-0.3, -0.25) is 4.90 Å². The molecular formula is C32H28ClN3O3S. The molecule has 0 unspecified atom stereocenters. The fraction of sp³-hybridized carbons (Fsp3) is 0.156. The van der Waals surface area contributed by atoms with Crippen molar-refractivity contribution < 1.29 is 12.8 Å². The normalized spacial score (nSPS) is 14.5. The summed E-state index contributed by atoms with van der Waals surface area (Å²) in [6.07, 6.45) is 0.